The van der Waals surface area contributed by atoms with Gasteiger partial charge in [0.2, 0.25) is 0 Å². The van der Waals surface area contributed by atoms with E-state index in [1.165, 1.54) is 0 Å². The predicted octanol–water partition coefficient (Wildman–Crippen LogP) is 2.78. The zero-order valence-corrected chi connectivity index (χ0v) is 9.47. The van der Waals surface area contributed by atoms with Crippen molar-refractivity contribution in [1.82, 2.24) is 0 Å². The van der Waals surface area contributed by atoms with Crippen molar-refractivity contribution < 1.29 is 4.74 Å². The number of rotatable bonds is 4. The van der Waals surface area contributed by atoms with Gasteiger partial charge in [0, 0.05) is 17.1 Å². The molecule has 0 unspecified atom stereocenters. The van der Waals surface area contributed by atoms with Crippen LogP contribution in [0.1, 0.15) is 6.42 Å². The van der Waals surface area contributed by atoms with Crippen LogP contribution in [0.15, 0.2) is 22.7 Å². The third kappa shape index (κ3) is 2.93. The van der Waals surface area contributed by atoms with Crippen LogP contribution in [0.5, 0.6) is 5.75 Å². The van der Waals surface area contributed by atoms with Gasteiger partial charge in [0.1, 0.15) is 5.75 Å². The minimum absolute atomic E-state index is 0.490. The molecule has 0 saturated carbocycles. The Hall–Kier alpha value is -1.21. The molecule has 0 atom stereocenters. The van der Waals surface area contributed by atoms with Crippen LogP contribution in [-0.2, 0) is 0 Å². The first-order valence-electron chi connectivity index (χ1n) is 4.22. The molecule has 0 bridgehead atoms. The molecule has 1 rings (SSSR count). The Bertz CT molecular complexity index is 346. The third-order valence-corrected chi connectivity index (χ3v) is 2.42. The molecule has 0 amide bonds. The SMILES string of the molecule is COc1ccc(Br)c(NCCC#N)c1. The van der Waals surface area contributed by atoms with E-state index in [4.69, 9.17) is 10.00 Å². The van der Waals surface area contributed by atoms with E-state index in [9.17, 15) is 0 Å². The Kier molecular flexibility index (Phi) is 4.27. The van der Waals surface area contributed by atoms with E-state index in [2.05, 4.69) is 27.3 Å². The van der Waals surface area contributed by atoms with Gasteiger partial charge in [-0.15, -0.1) is 0 Å². The fourth-order valence-corrected chi connectivity index (χ4v) is 1.41. The Balaban J connectivity index is 2.69. The molecule has 0 aliphatic carbocycles. The first-order chi connectivity index (χ1) is 6.77. The molecule has 0 saturated heterocycles. The Morgan fingerprint density at radius 2 is 2.36 bits per heavy atom. The van der Waals surface area contributed by atoms with E-state index in [0.29, 0.717) is 13.0 Å². The Labute approximate surface area is 91.8 Å². The molecule has 0 radical (unpaired) electrons. The molecule has 74 valence electrons. The maximum absolute atomic E-state index is 8.39. The van der Waals surface area contributed by atoms with Crippen molar-refractivity contribution in [1.29, 1.82) is 5.26 Å². The van der Waals surface area contributed by atoms with Crippen LogP contribution in [0.3, 0.4) is 0 Å². The van der Waals surface area contributed by atoms with Crippen molar-refractivity contribution in [2.45, 2.75) is 6.42 Å². The van der Waals surface area contributed by atoms with Crippen LogP contribution >= 0.6 is 15.9 Å². The number of benzene rings is 1. The average molecular weight is 255 g/mol. The second-order valence-electron chi connectivity index (χ2n) is 2.68. The number of anilines is 1. The van der Waals surface area contributed by atoms with Crippen molar-refractivity contribution in [2.24, 2.45) is 0 Å². The number of hydrogen-bond acceptors (Lipinski definition) is 3. The standard InChI is InChI=1S/C10H11BrN2O/c1-14-8-3-4-9(11)10(7-8)13-6-2-5-12/h3-4,7,13H,2,6H2,1H3. The molecule has 1 aromatic carbocycles. The number of nitrogens with one attached hydrogen (secondary N) is 1. The number of methoxy groups -OCH3 is 1. The highest BCUT2D eigenvalue weighted by Gasteiger charge is 2.00. The van der Waals surface area contributed by atoms with Gasteiger partial charge in [-0.25, -0.2) is 0 Å². The summed E-state index contributed by atoms with van der Waals surface area (Å²) in [6.45, 7) is 0.641. The first kappa shape index (κ1) is 10.9. The smallest absolute Gasteiger partial charge is 0.121 e. The number of nitriles is 1. The van der Waals surface area contributed by atoms with Crippen LogP contribution in [0, 0.1) is 11.3 Å². The van der Waals surface area contributed by atoms with Crippen molar-refractivity contribution in [3.63, 3.8) is 0 Å². The first-order valence-corrected chi connectivity index (χ1v) is 5.01. The fourth-order valence-electron chi connectivity index (χ4n) is 1.02. The van der Waals surface area contributed by atoms with Crippen LogP contribution < -0.4 is 10.1 Å². The second kappa shape index (κ2) is 5.51. The van der Waals surface area contributed by atoms with E-state index in [1.54, 1.807) is 7.11 Å². The van der Waals surface area contributed by atoms with E-state index >= 15 is 0 Å². The lowest BCUT2D eigenvalue weighted by atomic mass is 10.3. The van der Waals surface area contributed by atoms with E-state index in [1.807, 2.05) is 18.2 Å². The molecule has 0 aliphatic rings. The number of ether oxygens (including phenoxy) is 1. The Morgan fingerprint density at radius 1 is 1.57 bits per heavy atom. The van der Waals surface area contributed by atoms with E-state index < -0.39 is 0 Å². The van der Waals surface area contributed by atoms with Gasteiger partial charge < -0.3 is 10.1 Å². The maximum Gasteiger partial charge on any atom is 0.121 e. The van der Waals surface area contributed by atoms with Crippen molar-refractivity contribution in [3.8, 4) is 11.8 Å². The summed E-state index contributed by atoms with van der Waals surface area (Å²) in [7, 11) is 1.63. The predicted molar refractivity (Wildman–Crippen MR) is 59.4 cm³/mol. The zero-order chi connectivity index (χ0) is 10.4. The highest BCUT2D eigenvalue weighted by molar-refractivity contribution is 9.10. The van der Waals surface area contributed by atoms with Crippen LogP contribution in [0.25, 0.3) is 0 Å². The fraction of sp³-hybridized carbons (Fsp3) is 0.300. The summed E-state index contributed by atoms with van der Waals surface area (Å²) in [4.78, 5) is 0. The topological polar surface area (TPSA) is 45.0 Å². The van der Waals surface area contributed by atoms with E-state index in [-0.39, 0.29) is 0 Å². The molecular formula is C10H11BrN2O. The molecule has 1 N–H and O–H groups in total. The van der Waals surface area contributed by atoms with Gasteiger partial charge in [-0.2, -0.15) is 5.26 Å². The Morgan fingerprint density at radius 3 is 3.00 bits per heavy atom. The maximum atomic E-state index is 8.39. The molecule has 1 aromatic rings. The summed E-state index contributed by atoms with van der Waals surface area (Å²) in [6, 6.07) is 7.75. The van der Waals surface area contributed by atoms with E-state index in [0.717, 1.165) is 15.9 Å². The summed E-state index contributed by atoms with van der Waals surface area (Å²) in [6.07, 6.45) is 0.490. The summed E-state index contributed by atoms with van der Waals surface area (Å²) in [5, 5.41) is 11.5. The lowest BCUT2D eigenvalue weighted by Gasteiger charge is -2.08. The quantitative estimate of drug-likeness (QED) is 0.841. The molecule has 0 aromatic heterocycles. The summed E-state index contributed by atoms with van der Waals surface area (Å²) >= 11 is 3.41. The minimum atomic E-state index is 0.490. The normalized spacial score (nSPS) is 9.21. The molecule has 4 heteroatoms. The molecule has 0 heterocycles. The number of halogens is 1. The van der Waals surface area contributed by atoms with Crippen molar-refractivity contribution in [3.05, 3.63) is 22.7 Å². The molecule has 14 heavy (non-hydrogen) atoms. The summed E-state index contributed by atoms with van der Waals surface area (Å²) in [5.74, 6) is 0.799. The van der Waals surface area contributed by atoms with Crippen molar-refractivity contribution >= 4 is 21.6 Å². The van der Waals surface area contributed by atoms with Gasteiger partial charge in [0.15, 0.2) is 0 Å². The highest BCUT2D eigenvalue weighted by Crippen LogP contribution is 2.26. The molecule has 3 nitrogen and oxygen atoms in total. The van der Waals surface area contributed by atoms with Gasteiger partial charge in [-0.3, -0.25) is 0 Å². The number of hydrogen-bond donors (Lipinski definition) is 1. The van der Waals surface area contributed by atoms with Gasteiger partial charge >= 0.3 is 0 Å². The molecular weight excluding hydrogens is 244 g/mol. The second-order valence-corrected chi connectivity index (χ2v) is 3.54. The third-order valence-electron chi connectivity index (χ3n) is 1.73. The van der Waals surface area contributed by atoms with Gasteiger partial charge in [0.05, 0.1) is 25.3 Å². The molecule has 0 aliphatic heterocycles. The van der Waals surface area contributed by atoms with Crippen LogP contribution in [-0.4, -0.2) is 13.7 Å². The summed E-state index contributed by atoms with van der Waals surface area (Å²) < 4.78 is 6.06. The largest absolute Gasteiger partial charge is 0.497 e. The van der Waals surface area contributed by atoms with Gasteiger partial charge in [-0.1, -0.05) is 0 Å². The van der Waals surface area contributed by atoms with Gasteiger partial charge in [-0.05, 0) is 28.1 Å². The van der Waals surface area contributed by atoms with Crippen LogP contribution in [0.2, 0.25) is 0 Å². The number of nitrogens with zero attached hydrogens (tertiary/aromatic N) is 1. The minimum Gasteiger partial charge on any atom is -0.497 e. The lowest BCUT2D eigenvalue weighted by molar-refractivity contribution is 0.415. The monoisotopic (exact) mass is 254 g/mol. The zero-order valence-electron chi connectivity index (χ0n) is 7.88. The highest BCUT2D eigenvalue weighted by atomic mass is 79.9. The lowest BCUT2D eigenvalue weighted by Crippen LogP contribution is -2.01. The van der Waals surface area contributed by atoms with Crippen LogP contribution in [0.4, 0.5) is 5.69 Å². The molecule has 0 spiro atoms. The summed E-state index contributed by atoms with van der Waals surface area (Å²) in [5.41, 5.74) is 0.944. The van der Waals surface area contributed by atoms with Gasteiger partial charge in [0.25, 0.3) is 0 Å². The molecule has 0 fully saturated rings. The van der Waals surface area contributed by atoms with Crippen molar-refractivity contribution in [2.75, 3.05) is 19.0 Å². The average Bonchev–Trinajstić information content (AvgIpc) is 2.21.